The van der Waals surface area contributed by atoms with Crippen LogP contribution in [0.15, 0.2) is 17.0 Å². The number of hydrogen-bond acceptors (Lipinski definition) is 4. The van der Waals surface area contributed by atoms with Crippen molar-refractivity contribution in [3.63, 3.8) is 0 Å². The Labute approximate surface area is 108 Å². The summed E-state index contributed by atoms with van der Waals surface area (Å²) in [7, 11) is -1.73. The van der Waals surface area contributed by atoms with Gasteiger partial charge in [0.15, 0.2) is 15.1 Å². The average Bonchev–Trinajstić information content (AvgIpc) is 2.29. The number of aryl methyl sites for hydroxylation is 2. The standard InChI is InChI=1S/C13H16N2O2S/c1-8-5-6-9(2)13-12(8)15(4)10(3)11(7-14)18(13,16)17/h5-6,10-11H,1-4H3. The highest BCUT2D eigenvalue weighted by molar-refractivity contribution is 7.92. The minimum Gasteiger partial charge on any atom is -0.368 e. The molecule has 2 unspecified atom stereocenters. The Morgan fingerprint density at radius 1 is 1.28 bits per heavy atom. The summed E-state index contributed by atoms with van der Waals surface area (Å²) in [6.45, 7) is 5.44. The molecule has 0 N–H and O–H groups in total. The SMILES string of the molecule is Cc1ccc(C)c2c1N(C)C(C)C(C#N)S2(=O)=O. The van der Waals surface area contributed by atoms with Gasteiger partial charge in [-0.15, -0.1) is 0 Å². The first-order valence-electron chi connectivity index (χ1n) is 5.79. The number of anilines is 1. The molecule has 0 fully saturated rings. The van der Waals surface area contributed by atoms with Crippen molar-refractivity contribution in [1.82, 2.24) is 0 Å². The fourth-order valence-corrected chi connectivity index (χ4v) is 4.72. The number of rotatable bonds is 0. The van der Waals surface area contributed by atoms with E-state index in [-0.39, 0.29) is 6.04 Å². The number of sulfone groups is 1. The molecular formula is C13H16N2O2S. The van der Waals surface area contributed by atoms with E-state index in [1.165, 1.54) is 0 Å². The fourth-order valence-electron chi connectivity index (χ4n) is 2.54. The molecule has 96 valence electrons. The molecule has 2 rings (SSSR count). The van der Waals surface area contributed by atoms with Crippen molar-refractivity contribution < 1.29 is 8.42 Å². The molecular weight excluding hydrogens is 248 g/mol. The molecule has 1 aromatic carbocycles. The monoisotopic (exact) mass is 264 g/mol. The van der Waals surface area contributed by atoms with Crippen LogP contribution >= 0.6 is 0 Å². The normalized spacial score (nSPS) is 25.4. The third-order valence-corrected chi connectivity index (χ3v) is 5.93. The van der Waals surface area contributed by atoms with Crippen molar-refractivity contribution in [2.24, 2.45) is 0 Å². The summed E-state index contributed by atoms with van der Waals surface area (Å²) in [6, 6.07) is 5.30. The van der Waals surface area contributed by atoms with E-state index < -0.39 is 15.1 Å². The predicted octanol–water partition coefficient (Wildman–Crippen LogP) is 1.81. The lowest BCUT2D eigenvalue weighted by atomic mass is 10.1. The van der Waals surface area contributed by atoms with Gasteiger partial charge in [-0.3, -0.25) is 0 Å². The van der Waals surface area contributed by atoms with Gasteiger partial charge in [-0.05, 0) is 31.9 Å². The molecule has 1 aliphatic rings. The minimum atomic E-state index is -3.57. The molecule has 0 aliphatic carbocycles. The summed E-state index contributed by atoms with van der Waals surface area (Å²) in [6.07, 6.45) is 0. The fraction of sp³-hybridized carbons (Fsp3) is 0.462. The highest BCUT2D eigenvalue weighted by Gasteiger charge is 2.43. The van der Waals surface area contributed by atoms with E-state index in [0.29, 0.717) is 10.5 Å². The van der Waals surface area contributed by atoms with Crippen molar-refractivity contribution in [2.75, 3.05) is 11.9 Å². The van der Waals surface area contributed by atoms with Crippen molar-refractivity contribution in [2.45, 2.75) is 37.0 Å². The van der Waals surface area contributed by atoms with Gasteiger partial charge in [0, 0.05) is 7.05 Å². The molecule has 1 heterocycles. The summed E-state index contributed by atoms with van der Waals surface area (Å²) < 4.78 is 25.0. The van der Waals surface area contributed by atoms with Gasteiger partial charge in [-0.2, -0.15) is 5.26 Å². The van der Waals surface area contributed by atoms with Gasteiger partial charge < -0.3 is 4.90 Å². The number of hydrogen-bond donors (Lipinski definition) is 0. The number of nitriles is 1. The zero-order valence-electron chi connectivity index (χ0n) is 10.9. The van der Waals surface area contributed by atoms with Crippen LogP contribution < -0.4 is 4.90 Å². The smallest absolute Gasteiger partial charge is 0.198 e. The van der Waals surface area contributed by atoms with Crippen LogP contribution in [-0.2, 0) is 9.84 Å². The largest absolute Gasteiger partial charge is 0.368 e. The van der Waals surface area contributed by atoms with Crippen LogP contribution in [0.5, 0.6) is 0 Å². The van der Waals surface area contributed by atoms with Crippen LogP contribution in [0, 0.1) is 25.2 Å². The van der Waals surface area contributed by atoms with Crippen LogP contribution in [-0.4, -0.2) is 26.8 Å². The molecule has 1 aromatic rings. The zero-order valence-corrected chi connectivity index (χ0v) is 11.7. The molecule has 1 aliphatic heterocycles. The third-order valence-electron chi connectivity index (χ3n) is 3.68. The van der Waals surface area contributed by atoms with Gasteiger partial charge in [0.2, 0.25) is 0 Å². The van der Waals surface area contributed by atoms with E-state index in [4.69, 9.17) is 5.26 Å². The molecule has 2 atom stereocenters. The van der Waals surface area contributed by atoms with Crippen molar-refractivity contribution in [3.8, 4) is 6.07 Å². The van der Waals surface area contributed by atoms with Crippen molar-refractivity contribution in [1.29, 1.82) is 5.26 Å². The first-order chi connectivity index (χ1) is 8.32. The molecule has 4 nitrogen and oxygen atoms in total. The van der Waals surface area contributed by atoms with Crippen LogP contribution in [0.2, 0.25) is 0 Å². The van der Waals surface area contributed by atoms with E-state index in [9.17, 15) is 8.42 Å². The second-order valence-corrected chi connectivity index (χ2v) is 6.83. The van der Waals surface area contributed by atoms with E-state index in [1.54, 1.807) is 19.9 Å². The number of nitrogens with zero attached hydrogens (tertiary/aromatic N) is 2. The Morgan fingerprint density at radius 2 is 1.83 bits per heavy atom. The molecule has 5 heteroatoms. The maximum absolute atomic E-state index is 12.5. The summed E-state index contributed by atoms with van der Waals surface area (Å²) in [5.41, 5.74) is 2.36. The molecule has 0 radical (unpaired) electrons. The quantitative estimate of drug-likeness (QED) is 0.717. The Balaban J connectivity index is 2.89. The molecule has 18 heavy (non-hydrogen) atoms. The van der Waals surface area contributed by atoms with Gasteiger partial charge >= 0.3 is 0 Å². The molecule has 0 amide bonds. The molecule has 0 aromatic heterocycles. The van der Waals surface area contributed by atoms with Gasteiger partial charge in [-0.1, -0.05) is 12.1 Å². The second-order valence-electron chi connectivity index (χ2n) is 4.82. The maximum atomic E-state index is 12.5. The Bertz CT molecular complexity index is 644. The van der Waals surface area contributed by atoms with Crippen molar-refractivity contribution in [3.05, 3.63) is 23.3 Å². The summed E-state index contributed by atoms with van der Waals surface area (Å²) in [5, 5.41) is 8.14. The maximum Gasteiger partial charge on any atom is 0.198 e. The van der Waals surface area contributed by atoms with Gasteiger partial charge in [-0.25, -0.2) is 8.42 Å². The van der Waals surface area contributed by atoms with Crippen LogP contribution in [0.3, 0.4) is 0 Å². The average molecular weight is 264 g/mol. The van der Waals surface area contributed by atoms with E-state index in [1.807, 2.05) is 31.0 Å². The lowest BCUT2D eigenvalue weighted by molar-refractivity contribution is 0.562. The minimum absolute atomic E-state index is 0.314. The first-order valence-corrected chi connectivity index (χ1v) is 7.33. The lowest BCUT2D eigenvalue weighted by Crippen LogP contribution is -2.47. The highest BCUT2D eigenvalue weighted by atomic mass is 32.2. The number of fused-ring (bicyclic) bond motifs is 1. The molecule has 0 bridgehead atoms. The molecule has 0 spiro atoms. The third kappa shape index (κ3) is 1.52. The molecule has 0 saturated heterocycles. The lowest BCUT2D eigenvalue weighted by Gasteiger charge is -2.38. The Hall–Kier alpha value is -1.54. The van der Waals surface area contributed by atoms with Crippen molar-refractivity contribution >= 4 is 15.5 Å². The summed E-state index contributed by atoms with van der Waals surface area (Å²) >= 11 is 0. The highest BCUT2D eigenvalue weighted by Crippen LogP contribution is 2.40. The number of benzene rings is 1. The Kier molecular flexibility index (Phi) is 2.86. The summed E-state index contributed by atoms with van der Waals surface area (Å²) in [5.74, 6) is 0. The predicted molar refractivity (Wildman–Crippen MR) is 70.4 cm³/mol. The van der Waals surface area contributed by atoms with E-state index >= 15 is 0 Å². The van der Waals surface area contributed by atoms with Gasteiger partial charge in [0.1, 0.15) is 0 Å². The van der Waals surface area contributed by atoms with Crippen LogP contribution in [0.4, 0.5) is 5.69 Å². The summed E-state index contributed by atoms with van der Waals surface area (Å²) in [4.78, 5) is 2.21. The van der Waals surface area contributed by atoms with Crippen LogP contribution in [0.25, 0.3) is 0 Å². The first kappa shape index (κ1) is 12.9. The Morgan fingerprint density at radius 3 is 2.39 bits per heavy atom. The van der Waals surface area contributed by atoms with Crippen LogP contribution in [0.1, 0.15) is 18.1 Å². The van der Waals surface area contributed by atoms with E-state index in [2.05, 4.69) is 0 Å². The molecule has 0 saturated carbocycles. The van der Waals surface area contributed by atoms with Gasteiger partial charge in [0.05, 0.1) is 22.7 Å². The second kappa shape index (κ2) is 3.99. The zero-order chi connectivity index (χ0) is 13.7. The van der Waals surface area contributed by atoms with Gasteiger partial charge in [0.25, 0.3) is 0 Å². The topological polar surface area (TPSA) is 61.2 Å². The van der Waals surface area contributed by atoms with E-state index in [0.717, 1.165) is 11.3 Å².